The van der Waals surface area contributed by atoms with Crippen LogP contribution in [-0.2, 0) is 5.97 Å². The molecule has 2 aromatic rings. The smallest absolute Gasteiger partial charge is 0.352 e. The number of nitrogens with two attached hydrogens (primary N) is 2. The number of pyridine rings is 1. The number of ether oxygens (including phenoxy) is 1. The first-order chi connectivity index (χ1) is 16.9. The second kappa shape index (κ2) is 11.3. The molecule has 1 fully saturated rings. The van der Waals surface area contributed by atoms with Gasteiger partial charge in [-0.3, -0.25) is 4.99 Å². The van der Waals surface area contributed by atoms with Crippen molar-refractivity contribution < 1.29 is 20.1 Å². The van der Waals surface area contributed by atoms with Gasteiger partial charge in [0.25, 0.3) is 0 Å². The standard InChI is InChI=1S/C26H32ClN5O4/c1-25(2,33)9-6-17-4-5-22(27)21(12-17)26(34,35)36-23-13-18(15-31-24(23)29)19(14-28)16-30-20-7-10-32(3)11-8-20/h4-5,12-16,20,33-35H,7-8,10-11,28H2,1-3H3,(H2,29,31). The van der Waals surface area contributed by atoms with Gasteiger partial charge in [-0.1, -0.05) is 23.4 Å². The van der Waals surface area contributed by atoms with Crippen molar-refractivity contribution >= 4 is 29.2 Å². The summed E-state index contributed by atoms with van der Waals surface area (Å²) >= 11 is 6.21. The molecule has 7 N–H and O–H groups in total. The molecule has 0 aliphatic carbocycles. The lowest BCUT2D eigenvalue weighted by atomic mass is 10.1. The number of nitrogen functional groups attached to an aromatic ring is 1. The predicted octanol–water partition coefficient (Wildman–Crippen LogP) is 2.08. The van der Waals surface area contributed by atoms with E-state index in [1.54, 1.807) is 12.3 Å². The molecule has 10 heteroatoms. The molecule has 1 saturated heterocycles. The van der Waals surface area contributed by atoms with Gasteiger partial charge in [-0.15, -0.1) is 0 Å². The third kappa shape index (κ3) is 7.43. The van der Waals surface area contributed by atoms with Gasteiger partial charge in [0.2, 0.25) is 0 Å². The molecule has 0 unspecified atom stereocenters. The first-order valence-electron chi connectivity index (χ1n) is 11.5. The normalized spacial score (nSPS) is 16.1. The van der Waals surface area contributed by atoms with E-state index in [1.165, 1.54) is 44.4 Å². The van der Waals surface area contributed by atoms with Gasteiger partial charge in [0.05, 0.1) is 16.6 Å². The Kier molecular flexibility index (Phi) is 8.61. The number of likely N-dealkylation sites (tertiary alicyclic amines) is 1. The molecular weight excluding hydrogens is 482 g/mol. The lowest BCUT2D eigenvalue weighted by Crippen LogP contribution is -2.33. The summed E-state index contributed by atoms with van der Waals surface area (Å²) < 4.78 is 5.47. The number of halogens is 1. The van der Waals surface area contributed by atoms with Crippen molar-refractivity contribution in [2.45, 2.75) is 44.3 Å². The van der Waals surface area contributed by atoms with E-state index < -0.39 is 11.6 Å². The van der Waals surface area contributed by atoms with Crippen LogP contribution in [0.25, 0.3) is 5.57 Å². The van der Waals surface area contributed by atoms with Crippen LogP contribution in [0, 0.1) is 11.8 Å². The van der Waals surface area contributed by atoms with Crippen LogP contribution >= 0.6 is 11.6 Å². The second-order valence-electron chi connectivity index (χ2n) is 9.26. The number of piperidine rings is 1. The number of anilines is 1. The molecule has 1 aromatic carbocycles. The van der Waals surface area contributed by atoms with Gasteiger partial charge < -0.3 is 36.4 Å². The summed E-state index contributed by atoms with van der Waals surface area (Å²) in [4.78, 5) is 11.0. The maximum absolute atomic E-state index is 10.8. The van der Waals surface area contributed by atoms with Crippen LogP contribution in [0.15, 0.2) is 41.7 Å². The summed E-state index contributed by atoms with van der Waals surface area (Å²) in [7, 11) is 2.09. The molecule has 0 amide bonds. The monoisotopic (exact) mass is 513 g/mol. The number of aliphatic imine (C=N–C) groups is 1. The summed E-state index contributed by atoms with van der Waals surface area (Å²) in [6.45, 7) is 5.03. The quantitative estimate of drug-likeness (QED) is 0.224. The van der Waals surface area contributed by atoms with E-state index in [-0.39, 0.29) is 28.2 Å². The molecule has 1 aliphatic heterocycles. The summed E-state index contributed by atoms with van der Waals surface area (Å²) in [6.07, 6.45) is 6.48. The van der Waals surface area contributed by atoms with Gasteiger partial charge in [0.1, 0.15) is 5.60 Å². The number of aliphatic hydroxyl groups is 3. The molecule has 1 aliphatic rings. The second-order valence-corrected chi connectivity index (χ2v) is 9.66. The first-order valence-corrected chi connectivity index (χ1v) is 11.8. The number of allylic oxidation sites excluding steroid dienone is 1. The first kappa shape index (κ1) is 27.5. The Morgan fingerprint density at radius 2 is 1.94 bits per heavy atom. The van der Waals surface area contributed by atoms with Crippen molar-refractivity contribution in [1.29, 1.82) is 0 Å². The Balaban J connectivity index is 1.85. The fourth-order valence-corrected chi connectivity index (χ4v) is 3.76. The minimum atomic E-state index is -2.85. The summed E-state index contributed by atoms with van der Waals surface area (Å²) in [5.74, 6) is 2.41. The molecule has 0 radical (unpaired) electrons. The highest BCUT2D eigenvalue weighted by atomic mass is 35.5. The van der Waals surface area contributed by atoms with Crippen LogP contribution in [0.2, 0.25) is 5.02 Å². The topological polar surface area (TPSA) is 150 Å². The Labute approximate surface area is 216 Å². The molecule has 0 spiro atoms. The Morgan fingerprint density at radius 3 is 2.58 bits per heavy atom. The zero-order valence-electron chi connectivity index (χ0n) is 20.6. The molecule has 9 nitrogen and oxygen atoms in total. The van der Waals surface area contributed by atoms with Crippen molar-refractivity contribution in [3.63, 3.8) is 0 Å². The molecule has 3 rings (SSSR count). The van der Waals surface area contributed by atoms with Crippen molar-refractivity contribution in [1.82, 2.24) is 9.88 Å². The van der Waals surface area contributed by atoms with Gasteiger partial charge in [0, 0.05) is 35.3 Å². The highest BCUT2D eigenvalue weighted by Gasteiger charge is 2.33. The number of hydrogen-bond donors (Lipinski definition) is 5. The maximum atomic E-state index is 10.8. The number of hydrogen-bond acceptors (Lipinski definition) is 9. The number of nitrogens with zero attached hydrogens (tertiary/aromatic N) is 3. The van der Waals surface area contributed by atoms with Crippen LogP contribution in [0.3, 0.4) is 0 Å². The predicted molar refractivity (Wildman–Crippen MR) is 141 cm³/mol. The Bertz CT molecular complexity index is 1200. The molecule has 1 aromatic heterocycles. The van der Waals surface area contributed by atoms with E-state index in [2.05, 4.69) is 33.8 Å². The van der Waals surface area contributed by atoms with E-state index in [0.29, 0.717) is 16.7 Å². The fourth-order valence-electron chi connectivity index (χ4n) is 3.52. The molecule has 0 atom stereocenters. The van der Waals surface area contributed by atoms with Crippen molar-refractivity contribution in [3.05, 3.63) is 58.4 Å². The van der Waals surface area contributed by atoms with Gasteiger partial charge in [-0.05, 0) is 71.1 Å². The van der Waals surface area contributed by atoms with E-state index in [1.807, 2.05) is 0 Å². The molecule has 192 valence electrons. The van der Waals surface area contributed by atoms with Crippen molar-refractivity contribution in [2.24, 2.45) is 10.7 Å². The van der Waals surface area contributed by atoms with E-state index in [0.717, 1.165) is 25.9 Å². The Hall–Kier alpha value is -3.13. The average Bonchev–Trinajstić information content (AvgIpc) is 2.81. The molecular formula is C26H32ClN5O4. The largest absolute Gasteiger partial charge is 0.432 e. The zero-order valence-corrected chi connectivity index (χ0v) is 21.3. The minimum Gasteiger partial charge on any atom is -0.432 e. The number of benzene rings is 1. The van der Waals surface area contributed by atoms with Crippen LogP contribution in [-0.4, -0.2) is 63.2 Å². The van der Waals surface area contributed by atoms with Gasteiger partial charge in [-0.2, -0.15) is 0 Å². The lowest BCUT2D eigenvalue weighted by molar-refractivity contribution is -0.303. The fraction of sp³-hybridized carbons (Fsp3) is 0.385. The van der Waals surface area contributed by atoms with Crippen LogP contribution < -0.4 is 16.2 Å². The third-order valence-corrected chi connectivity index (χ3v) is 5.92. The highest BCUT2D eigenvalue weighted by Crippen LogP contribution is 2.33. The maximum Gasteiger partial charge on any atom is 0.352 e. The highest BCUT2D eigenvalue weighted by molar-refractivity contribution is 6.31. The van der Waals surface area contributed by atoms with Crippen molar-refractivity contribution in [2.75, 3.05) is 25.9 Å². The molecule has 0 saturated carbocycles. The molecule has 0 bridgehead atoms. The van der Waals surface area contributed by atoms with Gasteiger partial charge in [-0.25, -0.2) is 4.98 Å². The molecule has 36 heavy (non-hydrogen) atoms. The van der Waals surface area contributed by atoms with E-state index >= 15 is 0 Å². The number of aromatic nitrogens is 1. The molecule has 2 heterocycles. The van der Waals surface area contributed by atoms with E-state index in [4.69, 9.17) is 27.8 Å². The Morgan fingerprint density at radius 1 is 1.25 bits per heavy atom. The SMILES string of the molecule is CN1CCC(N=CC(=CN)c2cnc(N)c(OC(O)(O)c3cc(C#CC(C)(C)O)ccc3Cl)c2)CC1. The van der Waals surface area contributed by atoms with Crippen LogP contribution in [0.5, 0.6) is 5.75 Å². The lowest BCUT2D eigenvalue weighted by Gasteiger charge is -2.26. The van der Waals surface area contributed by atoms with E-state index in [9.17, 15) is 15.3 Å². The minimum absolute atomic E-state index is 0.0318. The number of rotatable bonds is 6. The summed E-state index contributed by atoms with van der Waals surface area (Å²) in [5.41, 5.74) is 11.9. The van der Waals surface area contributed by atoms with Crippen LogP contribution in [0.1, 0.15) is 43.4 Å². The summed E-state index contributed by atoms with van der Waals surface area (Å²) in [5, 5.41) is 31.4. The van der Waals surface area contributed by atoms with Gasteiger partial charge in [0.15, 0.2) is 11.6 Å². The average molecular weight is 514 g/mol. The third-order valence-electron chi connectivity index (χ3n) is 5.59. The van der Waals surface area contributed by atoms with Crippen LogP contribution in [0.4, 0.5) is 5.82 Å². The zero-order chi connectivity index (χ0) is 26.5. The van der Waals surface area contributed by atoms with Crippen molar-refractivity contribution in [3.8, 4) is 17.6 Å². The summed E-state index contributed by atoms with van der Waals surface area (Å²) in [6, 6.07) is 6.08. The van der Waals surface area contributed by atoms with Gasteiger partial charge >= 0.3 is 5.97 Å².